The van der Waals surface area contributed by atoms with E-state index < -0.39 is 30.1 Å². The van der Waals surface area contributed by atoms with E-state index in [9.17, 15) is 13.6 Å². The number of carbonyl (C=O) groups is 1. The Balaban J connectivity index is 2.66. The van der Waals surface area contributed by atoms with E-state index in [1.807, 2.05) is 25.1 Å². The lowest BCUT2D eigenvalue weighted by atomic mass is 9.89. The third kappa shape index (κ3) is 2.99. The predicted molar refractivity (Wildman–Crippen MR) is 80.4 cm³/mol. The Kier molecular flexibility index (Phi) is 4.56. The Bertz CT molecular complexity index is 729. The van der Waals surface area contributed by atoms with Crippen molar-refractivity contribution in [3.63, 3.8) is 0 Å². The maximum Gasteiger partial charge on any atom is 0.305 e. The van der Waals surface area contributed by atoms with Crippen LogP contribution in [0.15, 0.2) is 30.3 Å². The molecule has 3 N–H and O–H groups in total. The van der Waals surface area contributed by atoms with Crippen LogP contribution in [0.25, 0.3) is 11.1 Å². The molecule has 0 radical (unpaired) electrons. The van der Waals surface area contributed by atoms with E-state index in [1.165, 1.54) is 0 Å². The Labute approximate surface area is 127 Å². The first-order chi connectivity index (χ1) is 10.3. The molecule has 0 aliphatic rings. The van der Waals surface area contributed by atoms with Gasteiger partial charge in [-0.25, -0.2) is 8.78 Å². The monoisotopic (exact) mass is 305 g/mol. The first-order valence-corrected chi connectivity index (χ1v) is 6.84. The molecule has 1 atom stereocenters. The molecule has 2 aromatic rings. The lowest BCUT2D eigenvalue weighted by Crippen LogP contribution is -2.19. The highest BCUT2D eigenvalue weighted by Crippen LogP contribution is 2.34. The van der Waals surface area contributed by atoms with Gasteiger partial charge >= 0.3 is 5.97 Å². The van der Waals surface area contributed by atoms with E-state index in [2.05, 4.69) is 0 Å². The largest absolute Gasteiger partial charge is 0.481 e. The molecule has 22 heavy (non-hydrogen) atoms. The number of hydrogen-bond donors (Lipinski definition) is 2. The van der Waals surface area contributed by atoms with Gasteiger partial charge in [-0.05, 0) is 42.2 Å². The van der Waals surface area contributed by atoms with Crippen LogP contribution < -0.4 is 5.73 Å². The van der Waals surface area contributed by atoms with Gasteiger partial charge in [0.2, 0.25) is 0 Å². The van der Waals surface area contributed by atoms with E-state index in [4.69, 9.17) is 10.8 Å². The van der Waals surface area contributed by atoms with Crippen molar-refractivity contribution in [2.45, 2.75) is 26.3 Å². The second-order valence-electron chi connectivity index (χ2n) is 5.28. The first-order valence-electron chi connectivity index (χ1n) is 6.84. The molecule has 0 bridgehead atoms. The Morgan fingerprint density at radius 3 is 2.45 bits per heavy atom. The number of aliphatic carboxylic acids is 1. The zero-order chi connectivity index (χ0) is 16.4. The molecule has 2 aromatic carbocycles. The van der Waals surface area contributed by atoms with Crippen molar-refractivity contribution >= 4 is 5.97 Å². The van der Waals surface area contributed by atoms with Crippen LogP contribution >= 0.6 is 0 Å². The van der Waals surface area contributed by atoms with Crippen LogP contribution in [0, 0.1) is 25.5 Å². The van der Waals surface area contributed by atoms with E-state index in [0.29, 0.717) is 11.1 Å². The molecule has 0 aliphatic heterocycles. The van der Waals surface area contributed by atoms with Crippen molar-refractivity contribution in [3.05, 3.63) is 58.7 Å². The van der Waals surface area contributed by atoms with Crippen LogP contribution in [0.3, 0.4) is 0 Å². The SMILES string of the molecule is Cc1ccccc1-c1cc(F)c(F)c(C(N)CC(=O)O)c1C. The zero-order valence-corrected chi connectivity index (χ0v) is 12.4. The standard InChI is InChI=1S/C17H17F2NO2/c1-9-5-3-4-6-11(9)12-7-13(18)17(19)16(10(12)2)14(20)8-15(21)22/h3-7,14H,8,20H2,1-2H3,(H,21,22). The molecule has 0 aliphatic carbocycles. The fourth-order valence-corrected chi connectivity index (χ4v) is 2.62. The maximum absolute atomic E-state index is 14.1. The van der Waals surface area contributed by atoms with Gasteiger partial charge in [0.15, 0.2) is 11.6 Å². The third-order valence-electron chi connectivity index (χ3n) is 3.73. The molecule has 5 heteroatoms. The van der Waals surface area contributed by atoms with Crippen LogP contribution in [0.1, 0.15) is 29.2 Å². The molecule has 3 nitrogen and oxygen atoms in total. The minimum atomic E-state index is -1.16. The van der Waals surface area contributed by atoms with Gasteiger partial charge in [0.1, 0.15) is 0 Å². The lowest BCUT2D eigenvalue weighted by Gasteiger charge is -2.19. The van der Waals surface area contributed by atoms with E-state index in [1.54, 1.807) is 13.0 Å². The van der Waals surface area contributed by atoms with Crippen molar-refractivity contribution in [1.82, 2.24) is 0 Å². The van der Waals surface area contributed by atoms with Crippen LogP contribution in [0.5, 0.6) is 0 Å². The summed E-state index contributed by atoms with van der Waals surface area (Å²) in [5.41, 5.74) is 8.34. The molecule has 0 fully saturated rings. The molecule has 1 unspecified atom stereocenters. The Morgan fingerprint density at radius 2 is 1.86 bits per heavy atom. The molecule has 0 saturated heterocycles. The number of hydrogen-bond acceptors (Lipinski definition) is 2. The smallest absolute Gasteiger partial charge is 0.305 e. The van der Waals surface area contributed by atoms with Gasteiger partial charge in [-0.3, -0.25) is 4.79 Å². The number of benzene rings is 2. The van der Waals surface area contributed by atoms with Crippen LogP contribution in [0.4, 0.5) is 8.78 Å². The molecule has 0 aromatic heterocycles. The summed E-state index contributed by atoms with van der Waals surface area (Å²) in [5.74, 6) is -3.27. The second-order valence-corrected chi connectivity index (χ2v) is 5.28. The Morgan fingerprint density at radius 1 is 1.23 bits per heavy atom. The quantitative estimate of drug-likeness (QED) is 0.905. The normalized spacial score (nSPS) is 12.2. The van der Waals surface area contributed by atoms with Gasteiger partial charge in [0.05, 0.1) is 6.42 Å². The fraction of sp³-hybridized carbons (Fsp3) is 0.235. The molecule has 0 heterocycles. The minimum absolute atomic E-state index is 0.0827. The highest BCUT2D eigenvalue weighted by molar-refractivity contribution is 5.73. The molecule has 0 spiro atoms. The molecule has 2 rings (SSSR count). The Hall–Kier alpha value is -2.27. The van der Waals surface area contributed by atoms with Crippen LogP contribution in [-0.4, -0.2) is 11.1 Å². The molecule has 116 valence electrons. The topological polar surface area (TPSA) is 63.3 Å². The number of rotatable bonds is 4. The number of nitrogens with two attached hydrogens (primary N) is 1. The van der Waals surface area contributed by atoms with Crippen molar-refractivity contribution in [3.8, 4) is 11.1 Å². The van der Waals surface area contributed by atoms with Gasteiger partial charge in [-0.2, -0.15) is 0 Å². The first kappa shape index (κ1) is 16.1. The third-order valence-corrected chi connectivity index (χ3v) is 3.73. The molecular weight excluding hydrogens is 288 g/mol. The summed E-state index contributed by atoms with van der Waals surface area (Å²) >= 11 is 0. The molecule has 0 amide bonds. The van der Waals surface area contributed by atoms with E-state index >= 15 is 0 Å². The summed E-state index contributed by atoms with van der Waals surface area (Å²) in [5, 5.41) is 8.83. The van der Waals surface area contributed by atoms with Gasteiger partial charge in [0, 0.05) is 11.6 Å². The van der Waals surface area contributed by atoms with Crippen molar-refractivity contribution in [2.75, 3.05) is 0 Å². The van der Waals surface area contributed by atoms with Crippen molar-refractivity contribution < 1.29 is 18.7 Å². The number of carboxylic acid groups (broad SMARTS) is 1. The van der Waals surface area contributed by atoms with Gasteiger partial charge in [-0.1, -0.05) is 24.3 Å². The van der Waals surface area contributed by atoms with Crippen molar-refractivity contribution in [2.24, 2.45) is 5.73 Å². The number of halogens is 2. The maximum atomic E-state index is 14.1. The van der Waals surface area contributed by atoms with Gasteiger partial charge < -0.3 is 10.8 Å². The van der Waals surface area contributed by atoms with Gasteiger partial charge in [-0.15, -0.1) is 0 Å². The number of aryl methyl sites for hydroxylation is 1. The van der Waals surface area contributed by atoms with Gasteiger partial charge in [0.25, 0.3) is 0 Å². The highest BCUT2D eigenvalue weighted by Gasteiger charge is 2.23. The van der Waals surface area contributed by atoms with E-state index in [-0.39, 0.29) is 5.56 Å². The van der Waals surface area contributed by atoms with E-state index in [0.717, 1.165) is 17.2 Å². The second kappa shape index (κ2) is 6.23. The average molecular weight is 305 g/mol. The zero-order valence-electron chi connectivity index (χ0n) is 12.4. The average Bonchev–Trinajstić information content (AvgIpc) is 2.43. The summed E-state index contributed by atoms with van der Waals surface area (Å²) in [6.07, 6.45) is -0.464. The summed E-state index contributed by atoms with van der Waals surface area (Å²) < 4.78 is 28.1. The molecular formula is C17H17F2NO2. The minimum Gasteiger partial charge on any atom is -0.481 e. The molecule has 0 saturated carbocycles. The summed E-state index contributed by atoms with van der Waals surface area (Å²) in [6, 6.07) is 7.36. The van der Waals surface area contributed by atoms with Crippen LogP contribution in [0.2, 0.25) is 0 Å². The predicted octanol–water partition coefficient (Wildman–Crippen LogP) is 3.72. The van der Waals surface area contributed by atoms with Crippen LogP contribution in [-0.2, 0) is 4.79 Å². The number of carboxylic acids is 1. The summed E-state index contributed by atoms with van der Waals surface area (Å²) in [6.45, 7) is 3.49. The van der Waals surface area contributed by atoms with Crippen molar-refractivity contribution in [1.29, 1.82) is 0 Å². The summed E-state index contributed by atoms with van der Waals surface area (Å²) in [7, 11) is 0. The summed E-state index contributed by atoms with van der Waals surface area (Å²) in [4.78, 5) is 10.8. The fourth-order valence-electron chi connectivity index (χ4n) is 2.62. The highest BCUT2D eigenvalue weighted by atomic mass is 19.2. The lowest BCUT2D eigenvalue weighted by molar-refractivity contribution is -0.137.